The molecule has 0 saturated carbocycles. The van der Waals surface area contributed by atoms with Crippen molar-refractivity contribution in [3.05, 3.63) is 64.6 Å². The Hall–Kier alpha value is -2.82. The van der Waals surface area contributed by atoms with Crippen molar-refractivity contribution in [1.82, 2.24) is 10.3 Å². The minimum atomic E-state index is 0.0202. The van der Waals surface area contributed by atoms with E-state index in [0.717, 1.165) is 36.4 Å². The fourth-order valence-corrected chi connectivity index (χ4v) is 3.23. The molecule has 2 heterocycles. The Bertz CT molecular complexity index is 844. The third-order valence-electron chi connectivity index (χ3n) is 4.52. The van der Waals surface area contributed by atoms with Gasteiger partial charge in [-0.05, 0) is 42.2 Å². The Balaban J connectivity index is 1.45. The number of rotatable bonds is 5. The number of nitrogens with zero attached hydrogens (tertiary/aromatic N) is 1. The van der Waals surface area contributed by atoms with Crippen molar-refractivity contribution < 1.29 is 9.53 Å². The largest absolute Gasteiger partial charge is 0.497 e. The zero-order valence-corrected chi connectivity index (χ0v) is 13.6. The van der Waals surface area contributed by atoms with Gasteiger partial charge in [0, 0.05) is 24.8 Å². The highest BCUT2D eigenvalue weighted by Gasteiger charge is 2.29. The Morgan fingerprint density at radius 1 is 1.29 bits per heavy atom. The Kier molecular flexibility index (Phi) is 3.69. The quantitative estimate of drug-likeness (QED) is 0.888. The second kappa shape index (κ2) is 6.00. The lowest BCUT2D eigenvalue weighted by atomic mass is 9.92. The van der Waals surface area contributed by atoms with Crippen LogP contribution < -0.4 is 10.1 Å². The first-order valence-electron chi connectivity index (χ1n) is 8.14. The van der Waals surface area contributed by atoms with Crippen LogP contribution in [0.1, 0.15) is 27.2 Å². The smallest absolute Gasteiger partial charge is 0.225 e. The van der Waals surface area contributed by atoms with Crippen molar-refractivity contribution in [3.63, 3.8) is 0 Å². The molecule has 0 unspecified atom stereocenters. The highest BCUT2D eigenvalue weighted by Crippen LogP contribution is 2.26. The molecule has 0 amide bonds. The molecule has 122 valence electrons. The number of aromatic amines is 1. The minimum Gasteiger partial charge on any atom is -0.497 e. The van der Waals surface area contributed by atoms with Gasteiger partial charge in [-0.1, -0.05) is 12.1 Å². The Morgan fingerprint density at radius 2 is 2.12 bits per heavy atom. The summed E-state index contributed by atoms with van der Waals surface area (Å²) in [7, 11) is 1.66. The predicted molar refractivity (Wildman–Crippen MR) is 93.0 cm³/mol. The van der Waals surface area contributed by atoms with Gasteiger partial charge in [-0.2, -0.15) is 0 Å². The van der Waals surface area contributed by atoms with Crippen molar-refractivity contribution in [2.75, 3.05) is 20.2 Å². The first kappa shape index (κ1) is 14.8. The monoisotopic (exact) mass is 321 g/mol. The molecule has 0 bridgehead atoms. The van der Waals surface area contributed by atoms with E-state index in [0.29, 0.717) is 17.9 Å². The topological polar surface area (TPSA) is 66.5 Å². The van der Waals surface area contributed by atoms with Gasteiger partial charge >= 0.3 is 0 Å². The van der Waals surface area contributed by atoms with Gasteiger partial charge in [0.25, 0.3) is 0 Å². The number of carbonyl (C=O) groups excluding carboxylic acids is 1. The Morgan fingerprint density at radius 3 is 2.92 bits per heavy atom. The Labute approximate surface area is 140 Å². The number of Topliss-reactive ketones (excluding diaryl/α,β-unsaturated/α-hetero) is 1. The zero-order chi connectivity index (χ0) is 16.5. The molecule has 0 radical (unpaired) electrons. The fourth-order valence-electron chi connectivity index (χ4n) is 3.23. The fraction of sp³-hybridized carbons (Fsp3) is 0.263. The van der Waals surface area contributed by atoms with Gasteiger partial charge in [0.2, 0.25) is 5.78 Å². The molecule has 1 aromatic heterocycles. The van der Waals surface area contributed by atoms with E-state index >= 15 is 0 Å². The molecule has 1 aromatic carbocycles. The third-order valence-corrected chi connectivity index (χ3v) is 4.52. The normalized spacial score (nSPS) is 15.5. The second-order valence-corrected chi connectivity index (χ2v) is 5.99. The number of benzene rings is 1. The summed E-state index contributed by atoms with van der Waals surface area (Å²) >= 11 is 0. The molecular formula is C19H19N3O2. The van der Waals surface area contributed by atoms with Crippen molar-refractivity contribution >= 4 is 11.5 Å². The van der Waals surface area contributed by atoms with E-state index in [-0.39, 0.29) is 5.78 Å². The highest BCUT2D eigenvalue weighted by atomic mass is 16.5. The van der Waals surface area contributed by atoms with Crippen LogP contribution in [0.15, 0.2) is 47.2 Å². The van der Waals surface area contributed by atoms with E-state index < -0.39 is 0 Å². The van der Waals surface area contributed by atoms with Gasteiger partial charge in [0.1, 0.15) is 5.75 Å². The highest BCUT2D eigenvalue weighted by molar-refractivity contribution is 6.26. The molecule has 0 spiro atoms. The van der Waals surface area contributed by atoms with Crippen LogP contribution in [0, 0.1) is 0 Å². The number of H-pyrrole nitrogens is 1. The summed E-state index contributed by atoms with van der Waals surface area (Å²) < 4.78 is 5.16. The molecule has 1 aliphatic carbocycles. The van der Waals surface area contributed by atoms with Crippen LogP contribution in [0.25, 0.3) is 0 Å². The molecule has 5 heteroatoms. The molecule has 24 heavy (non-hydrogen) atoms. The van der Waals surface area contributed by atoms with E-state index in [1.165, 1.54) is 11.1 Å². The lowest BCUT2D eigenvalue weighted by molar-refractivity contribution is 0.102. The molecular weight excluding hydrogens is 302 g/mol. The molecule has 2 aromatic rings. The van der Waals surface area contributed by atoms with E-state index in [4.69, 9.17) is 4.74 Å². The second-order valence-electron chi connectivity index (χ2n) is 5.99. The molecule has 4 rings (SSSR count). The summed E-state index contributed by atoms with van der Waals surface area (Å²) in [6, 6.07) is 7.98. The van der Waals surface area contributed by atoms with Gasteiger partial charge in [-0.3, -0.25) is 9.79 Å². The minimum absolute atomic E-state index is 0.0202. The summed E-state index contributed by atoms with van der Waals surface area (Å²) in [5, 5.41) is 3.27. The average molecular weight is 321 g/mol. The standard InChI is InChI=1S/C19H19N3O2/c1-24-14-4-2-12(3-5-14)6-8-21-16-10-15-17-13(7-9-20-15)11-22-18(17)19(16)23/h2-5,10-11,21-22H,6-9H2,1H3. The number of hydrogen-bond donors (Lipinski definition) is 2. The predicted octanol–water partition coefficient (Wildman–Crippen LogP) is 2.28. The maximum absolute atomic E-state index is 12.6. The SMILES string of the molecule is COc1ccc(CCNC2=CC3=NCCc4c[nH]c(c43)C2=O)cc1. The summed E-state index contributed by atoms with van der Waals surface area (Å²) in [5.74, 6) is 0.870. The third kappa shape index (κ3) is 2.52. The van der Waals surface area contributed by atoms with Crippen LogP contribution in [-0.4, -0.2) is 36.7 Å². The molecule has 0 fully saturated rings. The van der Waals surface area contributed by atoms with Gasteiger partial charge < -0.3 is 15.0 Å². The van der Waals surface area contributed by atoms with Crippen LogP contribution in [-0.2, 0) is 12.8 Å². The zero-order valence-electron chi connectivity index (χ0n) is 13.6. The van der Waals surface area contributed by atoms with E-state index in [9.17, 15) is 4.79 Å². The molecule has 2 N–H and O–H groups in total. The van der Waals surface area contributed by atoms with E-state index in [2.05, 4.69) is 15.3 Å². The van der Waals surface area contributed by atoms with Crippen LogP contribution in [0.5, 0.6) is 5.75 Å². The van der Waals surface area contributed by atoms with E-state index in [1.807, 2.05) is 36.5 Å². The number of nitrogens with one attached hydrogen (secondary N) is 2. The molecule has 0 atom stereocenters. The summed E-state index contributed by atoms with van der Waals surface area (Å²) in [6.07, 6.45) is 5.56. The number of aromatic nitrogens is 1. The first-order chi connectivity index (χ1) is 11.8. The number of ketones is 1. The number of carbonyl (C=O) groups is 1. The number of ether oxygens (including phenoxy) is 1. The number of allylic oxidation sites excluding steroid dienone is 2. The maximum atomic E-state index is 12.6. The number of hydrogen-bond acceptors (Lipinski definition) is 4. The van der Waals surface area contributed by atoms with Crippen LogP contribution >= 0.6 is 0 Å². The van der Waals surface area contributed by atoms with Crippen molar-refractivity contribution in [1.29, 1.82) is 0 Å². The van der Waals surface area contributed by atoms with Crippen LogP contribution in [0.2, 0.25) is 0 Å². The average Bonchev–Trinajstić information content (AvgIpc) is 3.05. The van der Waals surface area contributed by atoms with Crippen LogP contribution in [0.4, 0.5) is 0 Å². The molecule has 0 saturated heterocycles. The summed E-state index contributed by atoms with van der Waals surface area (Å²) in [4.78, 5) is 20.3. The first-order valence-corrected chi connectivity index (χ1v) is 8.14. The van der Waals surface area contributed by atoms with Crippen molar-refractivity contribution in [2.24, 2.45) is 4.99 Å². The van der Waals surface area contributed by atoms with Gasteiger partial charge in [0.15, 0.2) is 0 Å². The lowest BCUT2D eigenvalue weighted by Crippen LogP contribution is -2.29. The van der Waals surface area contributed by atoms with Crippen LogP contribution in [0.3, 0.4) is 0 Å². The maximum Gasteiger partial charge on any atom is 0.225 e. The van der Waals surface area contributed by atoms with E-state index in [1.54, 1.807) is 7.11 Å². The number of methoxy groups -OCH3 is 1. The van der Waals surface area contributed by atoms with Crippen molar-refractivity contribution in [3.8, 4) is 5.75 Å². The molecule has 2 aliphatic rings. The van der Waals surface area contributed by atoms with Gasteiger partial charge in [-0.15, -0.1) is 0 Å². The van der Waals surface area contributed by atoms with Gasteiger partial charge in [-0.25, -0.2) is 0 Å². The summed E-state index contributed by atoms with van der Waals surface area (Å²) in [6.45, 7) is 1.48. The molecule has 1 aliphatic heterocycles. The molecule has 5 nitrogen and oxygen atoms in total. The number of aliphatic imine (C=N–C) groups is 1. The lowest BCUT2D eigenvalue weighted by Gasteiger charge is -2.19. The van der Waals surface area contributed by atoms with Gasteiger partial charge in [0.05, 0.1) is 24.2 Å². The summed E-state index contributed by atoms with van der Waals surface area (Å²) in [5.41, 5.74) is 5.58. The van der Waals surface area contributed by atoms with Crippen molar-refractivity contribution in [2.45, 2.75) is 12.8 Å².